The summed E-state index contributed by atoms with van der Waals surface area (Å²) >= 11 is 5.87. The van der Waals surface area contributed by atoms with E-state index in [1.54, 1.807) is 6.92 Å². The number of amides is 3. The van der Waals surface area contributed by atoms with Gasteiger partial charge in [-0.25, -0.2) is 9.59 Å². The summed E-state index contributed by atoms with van der Waals surface area (Å²) in [5.74, 6) is -1.28. The molecule has 114 valence electrons. The third-order valence-corrected chi connectivity index (χ3v) is 2.80. The highest BCUT2D eigenvalue weighted by Crippen LogP contribution is 2.22. The Kier molecular flexibility index (Phi) is 6.48. The molecule has 0 unspecified atom stereocenters. The fourth-order valence-corrected chi connectivity index (χ4v) is 1.66. The molecular formula is C13H16ClN3O4. The van der Waals surface area contributed by atoms with E-state index >= 15 is 0 Å². The van der Waals surface area contributed by atoms with Gasteiger partial charge in [0.2, 0.25) is 5.91 Å². The number of hydrogen-bond donors (Lipinski definition) is 4. The van der Waals surface area contributed by atoms with Crippen LogP contribution in [0.4, 0.5) is 10.5 Å². The van der Waals surface area contributed by atoms with Crippen molar-refractivity contribution in [1.82, 2.24) is 10.6 Å². The molecule has 1 aromatic carbocycles. The van der Waals surface area contributed by atoms with Gasteiger partial charge in [-0.05, 0) is 25.1 Å². The topological polar surface area (TPSA) is 108 Å². The lowest BCUT2D eigenvalue weighted by atomic mass is 10.2. The van der Waals surface area contributed by atoms with Crippen LogP contribution in [0.1, 0.15) is 23.7 Å². The van der Waals surface area contributed by atoms with Gasteiger partial charge >= 0.3 is 12.0 Å². The maximum Gasteiger partial charge on any atom is 0.335 e. The number of carboxylic acids is 1. The van der Waals surface area contributed by atoms with E-state index in [2.05, 4.69) is 16.0 Å². The number of hydrogen-bond acceptors (Lipinski definition) is 3. The Labute approximate surface area is 126 Å². The number of nitrogens with one attached hydrogen (secondary N) is 3. The minimum absolute atomic E-state index is 0.0111. The van der Waals surface area contributed by atoms with E-state index in [0.717, 1.165) is 0 Å². The summed E-state index contributed by atoms with van der Waals surface area (Å²) in [6.07, 6.45) is 0.157. The molecule has 1 rings (SSSR count). The number of aromatic carboxylic acids is 1. The molecule has 21 heavy (non-hydrogen) atoms. The van der Waals surface area contributed by atoms with Crippen molar-refractivity contribution in [2.75, 3.05) is 18.4 Å². The van der Waals surface area contributed by atoms with E-state index in [4.69, 9.17) is 16.7 Å². The lowest BCUT2D eigenvalue weighted by Crippen LogP contribution is -2.33. The van der Waals surface area contributed by atoms with Crippen LogP contribution in [0.3, 0.4) is 0 Å². The molecule has 0 bridgehead atoms. The predicted octanol–water partition coefficient (Wildman–Crippen LogP) is 1.69. The van der Waals surface area contributed by atoms with Crippen molar-refractivity contribution < 1.29 is 19.5 Å². The highest BCUT2D eigenvalue weighted by Gasteiger charge is 2.10. The molecule has 0 aromatic heterocycles. The van der Waals surface area contributed by atoms with Gasteiger partial charge in [-0.3, -0.25) is 4.79 Å². The second-order valence-electron chi connectivity index (χ2n) is 4.08. The van der Waals surface area contributed by atoms with Crippen molar-refractivity contribution in [3.05, 3.63) is 28.8 Å². The van der Waals surface area contributed by atoms with E-state index < -0.39 is 12.0 Å². The van der Waals surface area contributed by atoms with Crippen LogP contribution in [-0.2, 0) is 4.79 Å². The van der Waals surface area contributed by atoms with Crippen molar-refractivity contribution in [1.29, 1.82) is 0 Å². The molecule has 0 aliphatic carbocycles. The molecule has 8 heteroatoms. The van der Waals surface area contributed by atoms with Crippen LogP contribution in [0, 0.1) is 0 Å². The van der Waals surface area contributed by atoms with E-state index in [1.807, 2.05) is 0 Å². The fourth-order valence-electron chi connectivity index (χ4n) is 1.50. The number of halogens is 1. The van der Waals surface area contributed by atoms with Gasteiger partial charge < -0.3 is 21.1 Å². The van der Waals surface area contributed by atoms with Crippen LogP contribution in [0.15, 0.2) is 18.2 Å². The maximum absolute atomic E-state index is 11.6. The maximum atomic E-state index is 11.6. The van der Waals surface area contributed by atoms with Gasteiger partial charge in [0.15, 0.2) is 0 Å². The Bertz CT molecular complexity index is 548. The Balaban J connectivity index is 2.53. The molecule has 3 amide bonds. The van der Waals surface area contributed by atoms with Gasteiger partial charge in [0, 0.05) is 19.5 Å². The molecule has 0 atom stereocenters. The zero-order valence-electron chi connectivity index (χ0n) is 11.4. The van der Waals surface area contributed by atoms with Crippen molar-refractivity contribution in [2.24, 2.45) is 0 Å². The molecule has 0 radical (unpaired) electrons. The van der Waals surface area contributed by atoms with Gasteiger partial charge in [0.1, 0.15) is 0 Å². The average Bonchev–Trinajstić information content (AvgIpc) is 2.41. The molecule has 0 heterocycles. The third-order valence-electron chi connectivity index (χ3n) is 2.47. The molecular weight excluding hydrogens is 298 g/mol. The zero-order chi connectivity index (χ0) is 15.8. The van der Waals surface area contributed by atoms with Gasteiger partial charge in [0.25, 0.3) is 0 Å². The molecule has 0 aliphatic heterocycles. The number of carbonyl (C=O) groups is 3. The first-order valence-corrected chi connectivity index (χ1v) is 6.66. The van der Waals surface area contributed by atoms with Gasteiger partial charge in [-0.2, -0.15) is 0 Å². The van der Waals surface area contributed by atoms with Crippen molar-refractivity contribution in [3.8, 4) is 0 Å². The average molecular weight is 314 g/mol. The molecule has 0 fully saturated rings. The summed E-state index contributed by atoms with van der Waals surface area (Å²) < 4.78 is 0. The molecule has 0 saturated heterocycles. The summed E-state index contributed by atoms with van der Waals surface area (Å²) in [5.41, 5.74) is 0.198. The van der Waals surface area contributed by atoms with E-state index in [1.165, 1.54) is 18.2 Å². The second-order valence-corrected chi connectivity index (χ2v) is 4.49. The molecule has 0 saturated carbocycles. The van der Waals surface area contributed by atoms with Crippen LogP contribution in [0.2, 0.25) is 5.02 Å². The Morgan fingerprint density at radius 3 is 2.57 bits per heavy atom. The lowest BCUT2D eigenvalue weighted by Gasteiger charge is -2.09. The third kappa shape index (κ3) is 5.70. The molecule has 1 aromatic rings. The Morgan fingerprint density at radius 2 is 1.95 bits per heavy atom. The van der Waals surface area contributed by atoms with Gasteiger partial charge in [-0.15, -0.1) is 0 Å². The number of carbonyl (C=O) groups excluding carboxylic acids is 2. The summed E-state index contributed by atoms with van der Waals surface area (Å²) in [6, 6.07) is 3.41. The number of anilines is 1. The molecule has 0 aliphatic rings. The Hall–Kier alpha value is -2.28. The van der Waals surface area contributed by atoms with E-state index in [0.29, 0.717) is 6.54 Å². The van der Waals surface area contributed by atoms with Crippen LogP contribution in [0.25, 0.3) is 0 Å². The zero-order valence-corrected chi connectivity index (χ0v) is 12.2. The van der Waals surface area contributed by atoms with Crippen LogP contribution < -0.4 is 16.0 Å². The first-order valence-electron chi connectivity index (χ1n) is 6.28. The summed E-state index contributed by atoms with van der Waals surface area (Å²) in [6.45, 7) is 2.49. The fraction of sp³-hybridized carbons (Fsp3) is 0.308. The highest BCUT2D eigenvalue weighted by molar-refractivity contribution is 6.33. The quantitative estimate of drug-likeness (QED) is 0.641. The Morgan fingerprint density at radius 1 is 1.24 bits per heavy atom. The normalized spacial score (nSPS) is 9.81. The summed E-state index contributed by atoms with van der Waals surface area (Å²) in [7, 11) is 0. The first-order chi connectivity index (χ1) is 9.93. The summed E-state index contributed by atoms with van der Waals surface area (Å²) in [5, 5.41) is 16.6. The van der Waals surface area contributed by atoms with Gasteiger partial charge in [-0.1, -0.05) is 11.6 Å². The van der Waals surface area contributed by atoms with Crippen molar-refractivity contribution >= 4 is 35.2 Å². The number of benzene rings is 1. The van der Waals surface area contributed by atoms with Crippen molar-refractivity contribution in [3.63, 3.8) is 0 Å². The minimum Gasteiger partial charge on any atom is -0.478 e. The highest BCUT2D eigenvalue weighted by atomic mass is 35.5. The molecule has 7 nitrogen and oxygen atoms in total. The smallest absolute Gasteiger partial charge is 0.335 e. The van der Waals surface area contributed by atoms with Gasteiger partial charge in [0.05, 0.1) is 16.3 Å². The lowest BCUT2D eigenvalue weighted by molar-refractivity contribution is -0.120. The molecule has 0 spiro atoms. The summed E-state index contributed by atoms with van der Waals surface area (Å²) in [4.78, 5) is 33.7. The largest absolute Gasteiger partial charge is 0.478 e. The monoisotopic (exact) mass is 313 g/mol. The van der Waals surface area contributed by atoms with Crippen molar-refractivity contribution in [2.45, 2.75) is 13.3 Å². The first kappa shape index (κ1) is 16.8. The van der Waals surface area contributed by atoms with Crippen LogP contribution >= 0.6 is 11.6 Å². The molecule has 4 N–H and O–H groups in total. The van der Waals surface area contributed by atoms with Crippen LogP contribution in [0.5, 0.6) is 0 Å². The van der Waals surface area contributed by atoms with E-state index in [9.17, 15) is 14.4 Å². The number of urea groups is 1. The predicted molar refractivity (Wildman–Crippen MR) is 78.7 cm³/mol. The van der Waals surface area contributed by atoms with Crippen LogP contribution in [-0.4, -0.2) is 36.1 Å². The SMILES string of the molecule is CCNC(=O)CCNC(=O)Nc1cc(C(=O)O)ccc1Cl. The minimum atomic E-state index is -1.12. The van der Waals surface area contributed by atoms with E-state index in [-0.39, 0.29) is 35.1 Å². The number of rotatable bonds is 6. The standard InChI is InChI=1S/C13H16ClN3O4/c1-2-15-11(18)5-6-16-13(21)17-10-7-8(12(19)20)3-4-9(10)14/h3-4,7H,2,5-6H2,1H3,(H,15,18)(H,19,20)(H2,16,17,21). The second kappa shape index (κ2) is 8.11. The number of carboxylic acid groups (broad SMARTS) is 1.